The van der Waals surface area contributed by atoms with Crippen LogP contribution in [-0.4, -0.2) is 63.6 Å². The van der Waals surface area contributed by atoms with Crippen molar-refractivity contribution < 1.29 is 22.7 Å². The molecule has 0 bridgehead atoms. The van der Waals surface area contributed by atoms with Crippen LogP contribution in [0.4, 0.5) is 10.5 Å². The molecule has 1 aliphatic heterocycles. The summed E-state index contributed by atoms with van der Waals surface area (Å²) in [5, 5.41) is 6.16. The number of rotatable bonds is 10. The summed E-state index contributed by atoms with van der Waals surface area (Å²) in [6.45, 7) is 3.41. The van der Waals surface area contributed by atoms with Crippen molar-refractivity contribution in [1.82, 2.24) is 10.2 Å². The minimum Gasteiger partial charge on any atom is -0.378 e. The number of hydrogen-bond acceptors (Lipinski definition) is 5. The van der Waals surface area contributed by atoms with Gasteiger partial charge in [-0.2, -0.15) is 0 Å². The predicted octanol–water partition coefficient (Wildman–Crippen LogP) is 5.59. The van der Waals surface area contributed by atoms with E-state index >= 15 is 0 Å². The molecule has 1 aliphatic rings. The van der Waals surface area contributed by atoms with E-state index in [0.29, 0.717) is 44.8 Å². The van der Waals surface area contributed by atoms with Crippen molar-refractivity contribution in [2.45, 2.75) is 36.7 Å². The average Bonchev–Trinajstić information content (AvgIpc) is 3.07. The summed E-state index contributed by atoms with van der Waals surface area (Å²) in [6.07, 6.45) is 2.62. The van der Waals surface area contributed by atoms with Gasteiger partial charge in [-0.15, -0.1) is 0 Å². The number of amides is 3. The zero-order valence-electron chi connectivity index (χ0n) is 24.7. The van der Waals surface area contributed by atoms with Gasteiger partial charge in [-0.05, 0) is 60.4 Å². The molecule has 0 saturated carbocycles. The van der Waals surface area contributed by atoms with E-state index in [1.807, 2.05) is 72.8 Å². The van der Waals surface area contributed by atoms with Crippen LogP contribution < -0.4 is 10.2 Å². The lowest BCUT2D eigenvalue weighted by Gasteiger charge is -2.36. The first-order valence-corrected chi connectivity index (χ1v) is 16.3. The van der Waals surface area contributed by atoms with Gasteiger partial charge in [0.2, 0.25) is 5.91 Å². The molecular weight excluding hydrogens is 574 g/mol. The number of ether oxygens (including phenoxy) is 1. The highest BCUT2D eigenvalue weighted by atomic mass is 32.2. The fourth-order valence-electron chi connectivity index (χ4n) is 5.22. The highest BCUT2D eigenvalue weighted by Crippen LogP contribution is 2.26. The molecule has 4 aromatic rings. The summed E-state index contributed by atoms with van der Waals surface area (Å²) in [6, 6.07) is 29.8. The molecule has 1 N–H and O–H groups in total. The van der Waals surface area contributed by atoms with Crippen LogP contribution >= 0.6 is 0 Å². The zero-order chi connectivity index (χ0) is 30.9. The van der Waals surface area contributed by atoms with Gasteiger partial charge in [0, 0.05) is 30.2 Å². The summed E-state index contributed by atoms with van der Waals surface area (Å²) >= 11 is 0. The molecule has 1 saturated heterocycles. The van der Waals surface area contributed by atoms with E-state index in [9.17, 15) is 18.0 Å². The first-order chi connectivity index (χ1) is 21.3. The SMILES string of the molecule is C[C@@H](C(=O)N[C@H](C=CS(=O)(=O)c1ccccc1)CCc1ccccc1)N(C(=O)N1CCOCC1)c1ccc2ccccc2c1. The Morgan fingerprint density at radius 1 is 0.886 bits per heavy atom. The van der Waals surface area contributed by atoms with Crippen molar-refractivity contribution in [2.24, 2.45) is 0 Å². The first-order valence-electron chi connectivity index (χ1n) is 14.8. The topological polar surface area (TPSA) is 96.0 Å². The number of nitrogens with one attached hydrogen (secondary N) is 1. The Labute approximate surface area is 258 Å². The molecule has 0 spiro atoms. The minimum absolute atomic E-state index is 0.177. The summed E-state index contributed by atoms with van der Waals surface area (Å²) in [5.74, 6) is -0.389. The second kappa shape index (κ2) is 14.3. The molecule has 8 nitrogen and oxygen atoms in total. The maximum Gasteiger partial charge on any atom is 0.325 e. The van der Waals surface area contributed by atoms with Gasteiger partial charge < -0.3 is 15.0 Å². The van der Waals surface area contributed by atoms with Crippen molar-refractivity contribution in [3.05, 3.63) is 120 Å². The minimum atomic E-state index is -3.72. The predicted molar refractivity (Wildman–Crippen MR) is 173 cm³/mol. The molecule has 0 unspecified atom stereocenters. The molecule has 1 heterocycles. The Hall–Kier alpha value is -4.47. The summed E-state index contributed by atoms with van der Waals surface area (Å²) < 4.78 is 31.5. The third-order valence-electron chi connectivity index (χ3n) is 7.74. The Bertz CT molecular complexity index is 1700. The molecule has 2 atom stereocenters. The average molecular weight is 612 g/mol. The van der Waals surface area contributed by atoms with Crippen molar-refractivity contribution in [2.75, 3.05) is 31.2 Å². The Morgan fingerprint density at radius 3 is 2.23 bits per heavy atom. The van der Waals surface area contributed by atoms with Gasteiger partial charge in [-0.25, -0.2) is 13.2 Å². The fraction of sp³-hybridized carbons (Fsp3) is 0.257. The number of morpholine rings is 1. The van der Waals surface area contributed by atoms with Crippen LogP contribution in [0.15, 0.2) is 120 Å². The van der Waals surface area contributed by atoms with Crippen molar-refractivity contribution in [3.63, 3.8) is 0 Å². The first kappa shape index (κ1) is 31.0. The third kappa shape index (κ3) is 7.72. The van der Waals surface area contributed by atoms with Gasteiger partial charge in [0.15, 0.2) is 9.84 Å². The van der Waals surface area contributed by atoms with Crippen molar-refractivity contribution in [3.8, 4) is 0 Å². The van der Waals surface area contributed by atoms with Crippen LogP contribution in [-0.2, 0) is 25.8 Å². The molecule has 4 aromatic carbocycles. The standard InChI is InChI=1S/C35H37N3O5S/c1-27(38(35(40)37-21-23-43-24-22-37)32-19-17-29-12-8-9-13-30(29)26-32)34(39)36-31(18-16-28-10-4-2-5-11-28)20-25-44(41,42)33-14-6-3-7-15-33/h2-15,17,19-20,25-27,31H,16,18,21-24H2,1H3,(H,36,39)/t27-,31-/m0/s1. The van der Waals surface area contributed by atoms with Gasteiger partial charge in [-0.3, -0.25) is 9.69 Å². The molecule has 9 heteroatoms. The largest absolute Gasteiger partial charge is 0.378 e. The summed E-state index contributed by atoms with van der Waals surface area (Å²) in [4.78, 5) is 31.2. The Kier molecular flexibility index (Phi) is 10.1. The second-order valence-corrected chi connectivity index (χ2v) is 12.6. The van der Waals surface area contributed by atoms with E-state index in [0.717, 1.165) is 21.7 Å². The quantitative estimate of drug-likeness (QED) is 0.252. The molecule has 1 fully saturated rings. The lowest BCUT2D eigenvalue weighted by Crippen LogP contribution is -2.56. The number of aryl methyl sites for hydroxylation is 1. The lowest BCUT2D eigenvalue weighted by molar-refractivity contribution is -0.122. The number of fused-ring (bicyclic) bond motifs is 1. The highest BCUT2D eigenvalue weighted by molar-refractivity contribution is 7.94. The smallest absolute Gasteiger partial charge is 0.325 e. The molecule has 0 aromatic heterocycles. The molecule has 3 amide bonds. The Morgan fingerprint density at radius 2 is 1.52 bits per heavy atom. The number of anilines is 1. The van der Waals surface area contributed by atoms with Crippen LogP contribution in [0.5, 0.6) is 0 Å². The van der Waals surface area contributed by atoms with E-state index in [1.54, 1.807) is 30.0 Å². The highest BCUT2D eigenvalue weighted by Gasteiger charge is 2.32. The van der Waals surface area contributed by atoms with E-state index in [2.05, 4.69) is 5.32 Å². The number of benzene rings is 4. The van der Waals surface area contributed by atoms with Gasteiger partial charge in [0.05, 0.1) is 18.1 Å². The fourth-order valence-corrected chi connectivity index (χ4v) is 6.31. The molecule has 228 valence electrons. The van der Waals surface area contributed by atoms with Crippen molar-refractivity contribution in [1.29, 1.82) is 0 Å². The maximum atomic E-state index is 13.9. The van der Waals surface area contributed by atoms with E-state index in [-0.39, 0.29) is 16.8 Å². The number of sulfone groups is 1. The van der Waals surface area contributed by atoms with Crippen molar-refractivity contribution >= 4 is 38.2 Å². The number of nitrogens with zero attached hydrogens (tertiary/aromatic N) is 2. The van der Waals surface area contributed by atoms with Gasteiger partial charge >= 0.3 is 6.03 Å². The summed E-state index contributed by atoms with van der Waals surface area (Å²) in [5.41, 5.74) is 1.67. The van der Waals surface area contributed by atoms with Gasteiger partial charge in [-0.1, -0.05) is 84.9 Å². The maximum absolute atomic E-state index is 13.9. The van der Waals surface area contributed by atoms with E-state index in [1.165, 1.54) is 23.1 Å². The van der Waals surface area contributed by atoms with Gasteiger partial charge in [0.25, 0.3) is 0 Å². The van der Waals surface area contributed by atoms with Crippen LogP contribution in [0, 0.1) is 0 Å². The van der Waals surface area contributed by atoms with Crippen LogP contribution in [0.2, 0.25) is 0 Å². The van der Waals surface area contributed by atoms with Crippen LogP contribution in [0.1, 0.15) is 18.9 Å². The van der Waals surface area contributed by atoms with E-state index in [4.69, 9.17) is 4.74 Å². The van der Waals surface area contributed by atoms with Gasteiger partial charge in [0.1, 0.15) is 6.04 Å². The second-order valence-electron chi connectivity index (χ2n) is 10.8. The number of carbonyl (C=O) groups is 2. The molecule has 5 rings (SSSR count). The van der Waals surface area contributed by atoms with Crippen LogP contribution in [0.25, 0.3) is 10.8 Å². The normalized spacial score (nSPS) is 15.2. The molecule has 0 aliphatic carbocycles. The molecule has 44 heavy (non-hydrogen) atoms. The number of carbonyl (C=O) groups excluding carboxylic acids is 2. The molecular formula is C35H37N3O5S. The monoisotopic (exact) mass is 611 g/mol. The number of urea groups is 1. The Balaban J connectivity index is 1.42. The van der Waals surface area contributed by atoms with Crippen LogP contribution in [0.3, 0.4) is 0 Å². The third-order valence-corrected chi connectivity index (χ3v) is 9.19. The van der Waals surface area contributed by atoms with E-state index < -0.39 is 21.9 Å². The lowest BCUT2D eigenvalue weighted by atomic mass is 10.0. The number of hydrogen-bond donors (Lipinski definition) is 1. The molecule has 0 radical (unpaired) electrons. The summed E-state index contributed by atoms with van der Waals surface area (Å²) in [7, 11) is -3.72. The zero-order valence-corrected chi connectivity index (χ0v) is 25.5.